The summed E-state index contributed by atoms with van der Waals surface area (Å²) in [6, 6.07) is 18.1. The van der Waals surface area contributed by atoms with E-state index < -0.39 is 39.8 Å². The molecule has 0 aliphatic carbocycles. The third kappa shape index (κ3) is 5.58. The first-order chi connectivity index (χ1) is 14.2. The third-order valence-electron chi connectivity index (χ3n) is 3.94. The second-order valence-electron chi connectivity index (χ2n) is 6.14. The number of hydrogen-bond acceptors (Lipinski definition) is 3. The fourth-order valence-corrected chi connectivity index (χ4v) is 3.21. The maximum absolute atomic E-state index is 13.5. The van der Waals surface area contributed by atoms with Gasteiger partial charge in [-0.1, -0.05) is 59.6 Å². The van der Waals surface area contributed by atoms with Crippen LogP contribution in [0.25, 0.3) is 0 Å². The van der Waals surface area contributed by atoms with Crippen molar-refractivity contribution in [1.29, 1.82) is 0 Å². The van der Waals surface area contributed by atoms with Crippen LogP contribution >= 0.6 is 23.2 Å². The number of halogens is 5. The Morgan fingerprint density at radius 1 is 1.00 bits per heavy atom. The van der Waals surface area contributed by atoms with E-state index in [0.717, 1.165) is 0 Å². The molecule has 0 spiro atoms. The minimum absolute atomic E-state index is 0.150. The predicted octanol–water partition coefficient (Wildman–Crippen LogP) is 6.82. The van der Waals surface area contributed by atoms with Crippen LogP contribution in [0.1, 0.15) is 22.3 Å². The zero-order valence-corrected chi connectivity index (χ0v) is 16.8. The highest BCUT2D eigenvalue weighted by molar-refractivity contribution is 6.35. The normalized spacial score (nSPS) is 12.0. The van der Waals surface area contributed by atoms with Crippen LogP contribution in [0.4, 0.5) is 24.5 Å². The number of anilines is 1. The van der Waals surface area contributed by atoms with E-state index >= 15 is 0 Å². The molecule has 0 aliphatic rings. The highest BCUT2D eigenvalue weighted by atomic mass is 35.5. The van der Waals surface area contributed by atoms with Crippen LogP contribution < -0.4 is 5.32 Å². The maximum atomic E-state index is 13.5. The lowest BCUT2D eigenvalue weighted by atomic mass is 10.0. The quantitative estimate of drug-likeness (QED) is 0.200. The standard InChI is InChI=1S/C21H14Cl2F3N3O/c22-17-11-15(21(24,25)26)19(20(23)29-17)16(30)12-18(27-13-7-3-1-4-8-13)28-14-9-5-2-6-10-14/h1-11H,12H2,(H,27,28). The van der Waals surface area contributed by atoms with Gasteiger partial charge in [-0.15, -0.1) is 0 Å². The van der Waals surface area contributed by atoms with Crippen molar-refractivity contribution < 1.29 is 18.0 Å². The van der Waals surface area contributed by atoms with Crippen molar-refractivity contribution in [3.05, 3.63) is 88.2 Å². The summed E-state index contributed by atoms with van der Waals surface area (Å²) in [6.07, 6.45) is -5.29. The SMILES string of the molecule is O=C(CC(=Nc1ccccc1)Nc1ccccc1)c1c(C(F)(F)F)cc(Cl)nc1Cl. The van der Waals surface area contributed by atoms with Crippen molar-refractivity contribution in [2.75, 3.05) is 5.32 Å². The van der Waals surface area contributed by atoms with E-state index in [1.807, 2.05) is 0 Å². The summed E-state index contributed by atoms with van der Waals surface area (Å²) in [4.78, 5) is 20.8. The Labute approximate surface area is 180 Å². The molecule has 3 rings (SSSR count). The lowest BCUT2D eigenvalue weighted by Gasteiger charge is -2.15. The second kappa shape index (κ2) is 9.28. The van der Waals surface area contributed by atoms with E-state index in [0.29, 0.717) is 17.4 Å². The van der Waals surface area contributed by atoms with Gasteiger partial charge in [0.1, 0.15) is 16.1 Å². The smallest absolute Gasteiger partial charge is 0.343 e. The topological polar surface area (TPSA) is 54.4 Å². The van der Waals surface area contributed by atoms with Gasteiger partial charge >= 0.3 is 6.18 Å². The minimum Gasteiger partial charge on any atom is -0.343 e. The van der Waals surface area contributed by atoms with Crippen LogP contribution in [0, 0.1) is 0 Å². The van der Waals surface area contributed by atoms with Crippen LogP contribution in [-0.2, 0) is 6.18 Å². The average Bonchev–Trinajstić information content (AvgIpc) is 2.68. The van der Waals surface area contributed by atoms with Gasteiger partial charge in [-0.2, -0.15) is 13.2 Å². The molecule has 0 amide bonds. The van der Waals surface area contributed by atoms with Gasteiger partial charge in [0.15, 0.2) is 5.78 Å². The molecule has 0 saturated heterocycles. The van der Waals surface area contributed by atoms with Crippen LogP contribution in [0.3, 0.4) is 0 Å². The van der Waals surface area contributed by atoms with Gasteiger partial charge < -0.3 is 5.32 Å². The highest BCUT2D eigenvalue weighted by Gasteiger charge is 2.37. The van der Waals surface area contributed by atoms with Gasteiger partial charge in [0, 0.05) is 5.69 Å². The van der Waals surface area contributed by atoms with Crippen molar-refractivity contribution in [3.8, 4) is 0 Å². The first-order valence-electron chi connectivity index (χ1n) is 8.65. The van der Waals surface area contributed by atoms with E-state index in [1.165, 1.54) is 0 Å². The fourth-order valence-electron chi connectivity index (χ4n) is 2.67. The Morgan fingerprint density at radius 2 is 1.60 bits per heavy atom. The molecular formula is C21H14Cl2F3N3O. The Kier molecular flexibility index (Phi) is 6.74. The average molecular weight is 452 g/mol. The Bertz CT molecular complexity index is 1070. The molecule has 3 aromatic rings. The second-order valence-corrected chi connectivity index (χ2v) is 6.89. The number of aromatic nitrogens is 1. The minimum atomic E-state index is -4.83. The van der Waals surface area contributed by atoms with Crippen LogP contribution in [0.2, 0.25) is 10.3 Å². The number of ketones is 1. The third-order valence-corrected chi connectivity index (χ3v) is 4.41. The molecule has 0 unspecified atom stereocenters. The van der Waals surface area contributed by atoms with Crippen molar-refractivity contribution >= 4 is 46.2 Å². The molecule has 1 N–H and O–H groups in total. The molecule has 0 fully saturated rings. The number of carbonyl (C=O) groups excluding carboxylic acids is 1. The molecule has 4 nitrogen and oxygen atoms in total. The van der Waals surface area contributed by atoms with Gasteiger partial charge in [0.2, 0.25) is 0 Å². The van der Waals surface area contributed by atoms with Gasteiger partial charge in [0.25, 0.3) is 0 Å². The van der Waals surface area contributed by atoms with Crippen LogP contribution in [-0.4, -0.2) is 16.6 Å². The monoisotopic (exact) mass is 451 g/mol. The van der Waals surface area contributed by atoms with Gasteiger partial charge in [-0.05, 0) is 30.3 Å². The molecule has 0 radical (unpaired) electrons. The summed E-state index contributed by atoms with van der Waals surface area (Å²) in [5.74, 6) is -0.744. The summed E-state index contributed by atoms with van der Waals surface area (Å²) in [6.45, 7) is 0. The Morgan fingerprint density at radius 3 is 2.20 bits per heavy atom. The number of hydrogen-bond donors (Lipinski definition) is 1. The maximum Gasteiger partial charge on any atom is 0.417 e. The number of carbonyl (C=O) groups is 1. The summed E-state index contributed by atoms with van der Waals surface area (Å²) in [5.41, 5.74) is -0.836. The van der Waals surface area contributed by atoms with E-state index in [9.17, 15) is 18.0 Å². The molecule has 2 aromatic carbocycles. The zero-order valence-electron chi connectivity index (χ0n) is 15.3. The number of para-hydroxylation sites is 2. The molecule has 1 heterocycles. The fraction of sp³-hybridized carbons (Fsp3) is 0.0952. The number of aliphatic imine (C=N–C) groups is 1. The van der Waals surface area contributed by atoms with E-state index in [-0.39, 0.29) is 5.84 Å². The lowest BCUT2D eigenvalue weighted by Crippen LogP contribution is -2.21. The lowest BCUT2D eigenvalue weighted by molar-refractivity contribution is -0.138. The molecular weight excluding hydrogens is 438 g/mol. The van der Waals surface area contributed by atoms with Crippen molar-refractivity contribution in [1.82, 2.24) is 4.98 Å². The van der Waals surface area contributed by atoms with Crippen LogP contribution in [0.5, 0.6) is 0 Å². The first kappa shape index (κ1) is 21.8. The molecule has 0 atom stereocenters. The number of nitrogens with one attached hydrogen (secondary N) is 1. The molecule has 0 aliphatic heterocycles. The molecule has 154 valence electrons. The Balaban J connectivity index is 1.99. The van der Waals surface area contributed by atoms with Crippen LogP contribution in [0.15, 0.2) is 71.7 Å². The van der Waals surface area contributed by atoms with Gasteiger partial charge in [0.05, 0.1) is 23.2 Å². The first-order valence-corrected chi connectivity index (χ1v) is 9.41. The summed E-state index contributed by atoms with van der Waals surface area (Å²) in [7, 11) is 0. The number of amidine groups is 1. The number of alkyl halides is 3. The largest absolute Gasteiger partial charge is 0.417 e. The molecule has 0 bridgehead atoms. The van der Waals surface area contributed by atoms with E-state index in [2.05, 4.69) is 15.3 Å². The molecule has 30 heavy (non-hydrogen) atoms. The summed E-state index contributed by atoms with van der Waals surface area (Å²) < 4.78 is 40.4. The van der Waals surface area contributed by atoms with Gasteiger partial charge in [-0.3, -0.25) is 4.79 Å². The Hall–Kier alpha value is -2.90. The highest BCUT2D eigenvalue weighted by Crippen LogP contribution is 2.36. The summed E-state index contributed by atoms with van der Waals surface area (Å²) >= 11 is 11.5. The van der Waals surface area contributed by atoms with Crippen molar-refractivity contribution in [3.63, 3.8) is 0 Å². The van der Waals surface area contributed by atoms with Crippen molar-refractivity contribution in [2.45, 2.75) is 12.6 Å². The number of Topliss-reactive ketones (excluding diaryl/α,β-unsaturated/α-hetero) is 1. The number of benzene rings is 2. The zero-order chi connectivity index (χ0) is 21.7. The number of pyridine rings is 1. The predicted molar refractivity (Wildman–Crippen MR) is 112 cm³/mol. The van der Waals surface area contributed by atoms with Gasteiger partial charge in [-0.25, -0.2) is 9.98 Å². The number of nitrogens with zero attached hydrogens (tertiary/aromatic N) is 2. The molecule has 0 saturated carbocycles. The summed E-state index contributed by atoms with van der Waals surface area (Å²) in [5, 5.41) is 1.91. The van der Waals surface area contributed by atoms with Crippen molar-refractivity contribution in [2.24, 2.45) is 4.99 Å². The van der Waals surface area contributed by atoms with E-state index in [4.69, 9.17) is 23.2 Å². The molecule has 9 heteroatoms. The van der Waals surface area contributed by atoms with E-state index in [1.54, 1.807) is 60.7 Å². The number of rotatable bonds is 5. The molecule has 1 aromatic heterocycles.